The maximum atomic E-state index is 12.6. The molecule has 0 fully saturated rings. The Labute approximate surface area is 174 Å². The van der Waals surface area contributed by atoms with Gasteiger partial charge in [0, 0.05) is 18.0 Å². The van der Waals surface area contributed by atoms with E-state index in [0.717, 1.165) is 36.5 Å². The van der Waals surface area contributed by atoms with E-state index in [4.69, 9.17) is 16.3 Å². The third-order valence-corrected chi connectivity index (χ3v) is 5.87. The SMILES string of the molecule is CCOC(=O)c1c(NC(=O)c2ccccc2Cl)sc2c1CCN(CC)C2.Cl. The van der Waals surface area contributed by atoms with Gasteiger partial charge < -0.3 is 10.1 Å². The number of esters is 1. The number of fused-ring (bicyclic) bond motifs is 1. The highest BCUT2D eigenvalue weighted by Crippen LogP contribution is 2.38. The number of hydrogen-bond acceptors (Lipinski definition) is 5. The monoisotopic (exact) mass is 428 g/mol. The Bertz CT molecular complexity index is 838. The number of halogens is 2. The van der Waals surface area contributed by atoms with Crippen LogP contribution >= 0.6 is 35.3 Å². The zero-order valence-corrected chi connectivity index (χ0v) is 17.6. The van der Waals surface area contributed by atoms with Crippen LogP contribution in [0.25, 0.3) is 0 Å². The first-order valence-corrected chi connectivity index (χ1v) is 9.84. The number of rotatable bonds is 5. The molecule has 1 aromatic carbocycles. The van der Waals surface area contributed by atoms with Crippen molar-refractivity contribution in [2.75, 3.05) is 25.0 Å². The summed E-state index contributed by atoms with van der Waals surface area (Å²) in [6, 6.07) is 6.85. The molecular formula is C19H22Cl2N2O3S. The normalized spacial score (nSPS) is 13.4. The van der Waals surface area contributed by atoms with Crippen LogP contribution in [-0.2, 0) is 17.7 Å². The number of nitrogens with one attached hydrogen (secondary N) is 1. The Hall–Kier alpha value is -1.60. The van der Waals surface area contributed by atoms with Crippen LogP contribution in [0.4, 0.5) is 5.00 Å². The Morgan fingerprint density at radius 1 is 1.30 bits per heavy atom. The van der Waals surface area contributed by atoms with Crippen LogP contribution in [0.15, 0.2) is 24.3 Å². The lowest BCUT2D eigenvalue weighted by Crippen LogP contribution is -2.30. The van der Waals surface area contributed by atoms with E-state index in [2.05, 4.69) is 17.1 Å². The average molecular weight is 429 g/mol. The Morgan fingerprint density at radius 3 is 2.70 bits per heavy atom. The first-order valence-electron chi connectivity index (χ1n) is 8.65. The second-order valence-corrected chi connectivity index (χ2v) is 7.49. The fourth-order valence-electron chi connectivity index (χ4n) is 3.05. The topological polar surface area (TPSA) is 58.6 Å². The first kappa shape index (κ1) is 21.7. The summed E-state index contributed by atoms with van der Waals surface area (Å²) >= 11 is 7.57. The maximum absolute atomic E-state index is 12.6. The molecule has 0 radical (unpaired) electrons. The molecule has 2 aromatic rings. The van der Waals surface area contributed by atoms with Gasteiger partial charge in [-0.15, -0.1) is 23.7 Å². The summed E-state index contributed by atoms with van der Waals surface area (Å²) in [5, 5.41) is 3.79. The second-order valence-electron chi connectivity index (χ2n) is 5.98. The minimum absolute atomic E-state index is 0. The van der Waals surface area contributed by atoms with Crippen LogP contribution in [0.1, 0.15) is 45.0 Å². The molecule has 27 heavy (non-hydrogen) atoms. The van der Waals surface area contributed by atoms with Gasteiger partial charge >= 0.3 is 5.97 Å². The molecule has 1 aromatic heterocycles. The molecule has 1 aliphatic heterocycles. The van der Waals surface area contributed by atoms with E-state index in [0.29, 0.717) is 27.8 Å². The van der Waals surface area contributed by atoms with Gasteiger partial charge in [0.2, 0.25) is 0 Å². The molecule has 0 aliphatic carbocycles. The van der Waals surface area contributed by atoms with Gasteiger partial charge in [-0.1, -0.05) is 30.7 Å². The van der Waals surface area contributed by atoms with E-state index in [9.17, 15) is 9.59 Å². The molecule has 0 saturated carbocycles. The number of benzene rings is 1. The molecule has 2 heterocycles. The number of thiophene rings is 1. The number of carbonyl (C=O) groups is 2. The summed E-state index contributed by atoms with van der Waals surface area (Å²) in [4.78, 5) is 28.6. The van der Waals surface area contributed by atoms with E-state index in [-0.39, 0.29) is 24.3 Å². The lowest BCUT2D eigenvalue weighted by molar-refractivity contribution is 0.0526. The summed E-state index contributed by atoms with van der Waals surface area (Å²) in [6.45, 7) is 6.81. The third kappa shape index (κ3) is 4.63. The molecule has 1 N–H and O–H groups in total. The van der Waals surface area contributed by atoms with Gasteiger partial charge in [-0.2, -0.15) is 0 Å². The standard InChI is InChI=1S/C19H21ClN2O3S.ClH/c1-3-22-10-9-13-15(11-22)26-18(16(13)19(24)25-4-2)21-17(23)12-7-5-6-8-14(12)20;/h5-8H,3-4,9-11H2,1-2H3,(H,21,23);1H. The van der Waals surface area contributed by atoms with Crippen molar-refractivity contribution in [2.24, 2.45) is 0 Å². The van der Waals surface area contributed by atoms with Crippen molar-refractivity contribution in [3.63, 3.8) is 0 Å². The summed E-state index contributed by atoms with van der Waals surface area (Å²) < 4.78 is 5.23. The van der Waals surface area contributed by atoms with Gasteiger partial charge in [-0.25, -0.2) is 4.79 Å². The van der Waals surface area contributed by atoms with E-state index < -0.39 is 0 Å². The van der Waals surface area contributed by atoms with Crippen molar-refractivity contribution in [2.45, 2.75) is 26.8 Å². The Kier molecular flexibility index (Phi) is 7.68. The summed E-state index contributed by atoms with van der Waals surface area (Å²) in [6.07, 6.45) is 0.774. The van der Waals surface area contributed by atoms with Crippen molar-refractivity contribution in [3.8, 4) is 0 Å². The lowest BCUT2D eigenvalue weighted by atomic mass is 10.0. The van der Waals surface area contributed by atoms with Gasteiger partial charge in [-0.05, 0) is 37.6 Å². The van der Waals surface area contributed by atoms with Crippen molar-refractivity contribution in [1.82, 2.24) is 4.90 Å². The third-order valence-electron chi connectivity index (χ3n) is 4.41. The molecule has 5 nitrogen and oxygen atoms in total. The van der Waals surface area contributed by atoms with Gasteiger partial charge in [0.15, 0.2) is 0 Å². The highest BCUT2D eigenvalue weighted by Gasteiger charge is 2.29. The van der Waals surface area contributed by atoms with E-state index >= 15 is 0 Å². The van der Waals surface area contributed by atoms with Crippen LogP contribution in [0.2, 0.25) is 5.02 Å². The molecule has 0 bridgehead atoms. The zero-order valence-electron chi connectivity index (χ0n) is 15.2. The van der Waals surface area contributed by atoms with Gasteiger partial charge in [0.1, 0.15) is 5.00 Å². The van der Waals surface area contributed by atoms with Crippen LogP contribution in [-0.4, -0.2) is 36.5 Å². The predicted molar refractivity (Wildman–Crippen MR) is 112 cm³/mol. The Balaban J connectivity index is 0.00000261. The largest absolute Gasteiger partial charge is 0.462 e. The fraction of sp³-hybridized carbons (Fsp3) is 0.368. The zero-order chi connectivity index (χ0) is 18.7. The fourth-order valence-corrected chi connectivity index (χ4v) is 4.54. The summed E-state index contributed by atoms with van der Waals surface area (Å²) in [5.74, 6) is -0.712. The Morgan fingerprint density at radius 2 is 2.04 bits per heavy atom. The van der Waals surface area contributed by atoms with Crippen molar-refractivity contribution in [3.05, 3.63) is 50.9 Å². The minimum atomic E-state index is -0.385. The number of anilines is 1. The molecule has 1 aliphatic rings. The number of ether oxygens (including phenoxy) is 1. The molecule has 3 rings (SSSR count). The first-order chi connectivity index (χ1) is 12.5. The number of nitrogens with zero attached hydrogens (tertiary/aromatic N) is 1. The number of likely N-dealkylation sites (N-methyl/N-ethyl adjacent to an activating group) is 1. The number of amides is 1. The van der Waals surface area contributed by atoms with Crippen LogP contribution in [0.3, 0.4) is 0 Å². The highest BCUT2D eigenvalue weighted by molar-refractivity contribution is 7.17. The number of carbonyl (C=O) groups excluding carboxylic acids is 2. The highest BCUT2D eigenvalue weighted by atomic mass is 35.5. The molecule has 0 saturated heterocycles. The van der Waals surface area contributed by atoms with E-state index in [1.807, 2.05) is 0 Å². The molecule has 8 heteroatoms. The summed E-state index contributed by atoms with van der Waals surface area (Å²) in [5.41, 5.74) is 1.86. The molecule has 0 unspecified atom stereocenters. The van der Waals surface area contributed by atoms with Crippen LogP contribution < -0.4 is 5.32 Å². The molecule has 1 amide bonds. The summed E-state index contributed by atoms with van der Waals surface area (Å²) in [7, 11) is 0. The average Bonchev–Trinajstić information content (AvgIpc) is 2.98. The molecule has 0 atom stereocenters. The van der Waals surface area contributed by atoms with Crippen molar-refractivity contribution >= 4 is 52.2 Å². The van der Waals surface area contributed by atoms with Crippen molar-refractivity contribution < 1.29 is 14.3 Å². The molecular weight excluding hydrogens is 407 g/mol. The second kappa shape index (κ2) is 9.55. The maximum Gasteiger partial charge on any atom is 0.341 e. The van der Waals surface area contributed by atoms with Crippen LogP contribution in [0, 0.1) is 0 Å². The molecule has 146 valence electrons. The van der Waals surface area contributed by atoms with Gasteiger partial charge in [-0.3, -0.25) is 9.69 Å². The lowest BCUT2D eigenvalue weighted by Gasteiger charge is -2.25. The van der Waals surface area contributed by atoms with Crippen molar-refractivity contribution in [1.29, 1.82) is 0 Å². The molecule has 0 spiro atoms. The van der Waals surface area contributed by atoms with E-state index in [1.165, 1.54) is 11.3 Å². The smallest absolute Gasteiger partial charge is 0.341 e. The van der Waals surface area contributed by atoms with Gasteiger partial charge in [0.05, 0.1) is 22.8 Å². The number of hydrogen-bond donors (Lipinski definition) is 1. The minimum Gasteiger partial charge on any atom is -0.462 e. The van der Waals surface area contributed by atoms with Crippen LogP contribution in [0.5, 0.6) is 0 Å². The van der Waals surface area contributed by atoms with E-state index in [1.54, 1.807) is 31.2 Å². The predicted octanol–water partition coefficient (Wildman–Crippen LogP) is 4.63. The quantitative estimate of drug-likeness (QED) is 0.705. The van der Waals surface area contributed by atoms with Gasteiger partial charge in [0.25, 0.3) is 5.91 Å².